The van der Waals surface area contributed by atoms with Gasteiger partial charge in [0.15, 0.2) is 0 Å². The van der Waals surface area contributed by atoms with Gasteiger partial charge in [0.2, 0.25) is 0 Å². The van der Waals surface area contributed by atoms with Gasteiger partial charge in [-0.25, -0.2) is 0 Å². The molecule has 3 rings (SSSR count). The second-order valence-electron chi connectivity index (χ2n) is 9.00. The van der Waals surface area contributed by atoms with Gasteiger partial charge in [-0.2, -0.15) is 0 Å². The van der Waals surface area contributed by atoms with Crippen molar-refractivity contribution in [2.24, 2.45) is 0 Å². The first kappa shape index (κ1) is 33.2. The molecule has 7 heteroatoms. The first-order chi connectivity index (χ1) is 15.3. The van der Waals surface area contributed by atoms with Crippen molar-refractivity contribution in [1.29, 1.82) is 0 Å². The van der Waals surface area contributed by atoms with Gasteiger partial charge < -0.3 is 35.4 Å². The molecule has 3 aromatic rings. The number of rotatable bonds is 10. The summed E-state index contributed by atoms with van der Waals surface area (Å²) in [6.07, 6.45) is 1.88. The van der Waals surface area contributed by atoms with E-state index >= 15 is 0 Å². The van der Waals surface area contributed by atoms with Crippen LogP contribution in [0.5, 0.6) is 0 Å². The number of halogens is 2. The van der Waals surface area contributed by atoms with E-state index < -0.39 is 0 Å². The second kappa shape index (κ2) is 16.1. The van der Waals surface area contributed by atoms with E-state index in [9.17, 15) is 0 Å². The Balaban J connectivity index is 0.00000385. The molecular formula is C28H38Cl2N4Ni. The summed E-state index contributed by atoms with van der Waals surface area (Å²) in [5.74, 6) is 0. The van der Waals surface area contributed by atoms with Gasteiger partial charge in [0.25, 0.3) is 0 Å². The van der Waals surface area contributed by atoms with Crippen LogP contribution in [-0.4, -0.2) is 36.1 Å². The minimum atomic E-state index is 0. The van der Waals surface area contributed by atoms with Crippen LogP contribution in [0.1, 0.15) is 39.1 Å². The molecule has 35 heavy (non-hydrogen) atoms. The van der Waals surface area contributed by atoms with E-state index in [1.807, 2.05) is 12.3 Å². The summed E-state index contributed by atoms with van der Waals surface area (Å²) >= 11 is 0. The van der Waals surface area contributed by atoms with E-state index in [1.54, 1.807) is 0 Å². The Morgan fingerprint density at radius 2 is 1.11 bits per heavy atom. The summed E-state index contributed by atoms with van der Waals surface area (Å²) in [6, 6.07) is 15.1. The fraction of sp³-hybridized carbons (Fsp3) is 0.393. The fourth-order valence-corrected chi connectivity index (χ4v) is 4.59. The molecule has 0 atom stereocenters. The molecule has 4 nitrogen and oxygen atoms in total. The van der Waals surface area contributed by atoms with Crippen molar-refractivity contribution in [1.82, 2.24) is 9.88 Å². The van der Waals surface area contributed by atoms with Gasteiger partial charge in [-0.05, 0) is 75.9 Å². The molecule has 0 saturated heterocycles. The first-order valence-electron chi connectivity index (χ1n) is 11.6. The summed E-state index contributed by atoms with van der Waals surface area (Å²) in [5.41, 5.74) is 11.5. The van der Waals surface area contributed by atoms with Gasteiger partial charge in [-0.1, -0.05) is 41.5 Å². The van der Waals surface area contributed by atoms with Crippen molar-refractivity contribution >= 4 is 11.4 Å². The zero-order valence-corrected chi connectivity index (χ0v) is 24.1. The molecule has 0 aliphatic carbocycles. The average Bonchev–Trinajstić information content (AvgIpc) is 2.72. The first-order valence-corrected chi connectivity index (χ1v) is 11.6. The smallest absolute Gasteiger partial charge is 1.00 e. The molecule has 0 unspecified atom stereocenters. The Hall–Kier alpha value is -1.78. The van der Waals surface area contributed by atoms with Gasteiger partial charge in [0.05, 0.1) is 5.69 Å². The topological polar surface area (TPSA) is 40.2 Å². The summed E-state index contributed by atoms with van der Waals surface area (Å²) < 4.78 is 0. The third kappa shape index (κ3) is 10.0. The van der Waals surface area contributed by atoms with Gasteiger partial charge in [0, 0.05) is 50.3 Å². The van der Waals surface area contributed by atoms with Gasteiger partial charge in [-0.15, -0.1) is 0 Å². The number of nitrogens with one attached hydrogen (secondary N) is 2. The average molecular weight is 560 g/mol. The number of nitrogens with zero attached hydrogens (tertiary/aromatic N) is 2. The third-order valence-corrected chi connectivity index (χ3v) is 5.93. The van der Waals surface area contributed by atoms with Crippen molar-refractivity contribution in [2.45, 2.75) is 48.1 Å². The SMILES string of the molecule is Cc1cc(C)c(NCCN(CCNc2c(C)cc(C)cc2C)Cc2ccccn2)c(C)c1.[Cl-].[Cl-].[Ni+2]. The zero-order chi connectivity index (χ0) is 23.1. The molecule has 2 aromatic carbocycles. The Bertz CT molecular complexity index is 935. The number of aromatic nitrogens is 1. The zero-order valence-electron chi connectivity index (χ0n) is 21.6. The Kier molecular flexibility index (Phi) is 15.2. The quantitative estimate of drug-likeness (QED) is 0.342. The largest absolute Gasteiger partial charge is 2.00 e. The van der Waals surface area contributed by atoms with Crippen LogP contribution in [0, 0.1) is 41.5 Å². The van der Waals surface area contributed by atoms with Crippen LogP contribution < -0.4 is 35.4 Å². The van der Waals surface area contributed by atoms with Crippen LogP contribution in [0.4, 0.5) is 11.4 Å². The minimum absolute atomic E-state index is 0. The maximum Gasteiger partial charge on any atom is 2.00 e. The van der Waals surface area contributed by atoms with Crippen LogP contribution in [0.15, 0.2) is 48.7 Å². The molecule has 194 valence electrons. The standard InChI is InChI=1S/C28H38N4.2ClH.Ni/c1-20-15-22(3)27(23(4)16-20)30-11-13-32(19-26-9-7-8-10-29-26)14-12-31-28-24(5)17-21(2)18-25(28)6;;;/h7-10,15-18,30-31H,11-14,19H2,1-6H3;2*1H;/q;;;+2/p-2. The molecule has 0 aliphatic rings. The number of hydrogen-bond acceptors (Lipinski definition) is 4. The van der Waals surface area contributed by atoms with E-state index in [4.69, 9.17) is 0 Å². The number of anilines is 2. The van der Waals surface area contributed by atoms with Crippen LogP contribution in [0.3, 0.4) is 0 Å². The van der Waals surface area contributed by atoms with Crippen molar-refractivity contribution in [3.63, 3.8) is 0 Å². The summed E-state index contributed by atoms with van der Waals surface area (Å²) in [7, 11) is 0. The van der Waals surface area contributed by atoms with Gasteiger partial charge in [0.1, 0.15) is 0 Å². The Morgan fingerprint density at radius 3 is 1.49 bits per heavy atom. The Morgan fingerprint density at radius 1 is 0.686 bits per heavy atom. The minimum Gasteiger partial charge on any atom is -1.00 e. The van der Waals surface area contributed by atoms with Gasteiger partial charge in [-0.3, -0.25) is 9.88 Å². The van der Waals surface area contributed by atoms with Crippen molar-refractivity contribution < 1.29 is 41.3 Å². The molecule has 0 bridgehead atoms. The van der Waals surface area contributed by atoms with Crippen LogP contribution in [0.25, 0.3) is 0 Å². The fourth-order valence-electron chi connectivity index (χ4n) is 4.59. The maximum atomic E-state index is 4.54. The third-order valence-electron chi connectivity index (χ3n) is 5.93. The maximum absolute atomic E-state index is 4.54. The van der Waals surface area contributed by atoms with Crippen LogP contribution in [0.2, 0.25) is 0 Å². The predicted molar refractivity (Wildman–Crippen MR) is 138 cm³/mol. The number of hydrogen-bond donors (Lipinski definition) is 2. The van der Waals surface area contributed by atoms with Crippen molar-refractivity contribution in [3.8, 4) is 0 Å². The number of benzene rings is 2. The molecule has 0 aliphatic heterocycles. The van der Waals surface area contributed by atoms with E-state index in [0.717, 1.165) is 38.4 Å². The Labute approximate surface area is 234 Å². The number of aryl methyl sites for hydroxylation is 6. The predicted octanol–water partition coefficient (Wildman–Crippen LogP) is -0.0362. The van der Waals surface area contributed by atoms with E-state index in [0.29, 0.717) is 0 Å². The van der Waals surface area contributed by atoms with E-state index in [-0.39, 0.29) is 41.3 Å². The molecule has 0 saturated carbocycles. The van der Waals surface area contributed by atoms with Crippen LogP contribution >= 0.6 is 0 Å². The van der Waals surface area contributed by atoms with Crippen molar-refractivity contribution in [2.75, 3.05) is 36.8 Å². The second-order valence-corrected chi connectivity index (χ2v) is 9.00. The van der Waals surface area contributed by atoms with Crippen LogP contribution in [-0.2, 0) is 23.0 Å². The number of pyridine rings is 1. The molecule has 0 spiro atoms. The van der Waals surface area contributed by atoms with E-state index in [1.165, 1.54) is 44.8 Å². The monoisotopic (exact) mass is 558 g/mol. The molecule has 1 aromatic heterocycles. The summed E-state index contributed by atoms with van der Waals surface area (Å²) in [5, 5.41) is 7.35. The van der Waals surface area contributed by atoms with Gasteiger partial charge >= 0.3 is 16.5 Å². The summed E-state index contributed by atoms with van der Waals surface area (Å²) in [4.78, 5) is 7.02. The molecule has 0 radical (unpaired) electrons. The molecule has 0 fully saturated rings. The molecule has 2 N–H and O–H groups in total. The van der Waals surface area contributed by atoms with E-state index in [2.05, 4.69) is 98.5 Å². The van der Waals surface area contributed by atoms with Crippen molar-refractivity contribution in [3.05, 3.63) is 87.7 Å². The summed E-state index contributed by atoms with van der Waals surface area (Å²) in [6.45, 7) is 17.6. The molecule has 0 amide bonds. The normalized spacial score (nSPS) is 10.1. The molecule has 1 heterocycles. The molecular weight excluding hydrogens is 522 g/mol.